The molecule has 2 amide bonds. The number of halogens is 8. The molecule has 3 aromatic rings. The van der Waals surface area contributed by atoms with Crippen molar-refractivity contribution in [3.63, 3.8) is 0 Å². The summed E-state index contributed by atoms with van der Waals surface area (Å²) in [6.45, 7) is 3.70. The summed E-state index contributed by atoms with van der Waals surface area (Å²) in [4.78, 5) is 31.9. The van der Waals surface area contributed by atoms with Gasteiger partial charge in [0.05, 0.1) is 18.7 Å². The molecule has 0 radical (unpaired) electrons. The number of carbonyl (C=O) groups excluding carboxylic acids is 2. The highest BCUT2D eigenvalue weighted by atomic mass is 35.6. The van der Waals surface area contributed by atoms with Crippen LogP contribution < -0.4 is 10.1 Å². The molecule has 15 heteroatoms. The van der Waals surface area contributed by atoms with Crippen LogP contribution in [0.4, 0.5) is 22.4 Å². The number of hydrogen-bond donors (Lipinski definition) is 1. The zero-order chi connectivity index (χ0) is 37.4. The minimum Gasteiger partial charge on any atom is -0.488 e. The van der Waals surface area contributed by atoms with Gasteiger partial charge in [-0.2, -0.15) is 4.39 Å². The topological polar surface area (TPSA) is 71.1 Å². The average Bonchev–Trinajstić information content (AvgIpc) is 3.94. The highest BCUT2D eigenvalue weighted by Crippen LogP contribution is 2.43. The van der Waals surface area contributed by atoms with Crippen LogP contribution in [0, 0.1) is 23.3 Å². The minimum absolute atomic E-state index is 0. The second-order valence-corrected chi connectivity index (χ2v) is 16.1. The third-order valence-electron chi connectivity index (χ3n) is 9.72. The summed E-state index contributed by atoms with van der Waals surface area (Å²) in [7, 11) is 0. The lowest BCUT2D eigenvalue weighted by molar-refractivity contribution is -0.129. The van der Waals surface area contributed by atoms with Gasteiger partial charge in [-0.25, -0.2) is 18.0 Å². The maximum atomic E-state index is 14.9. The molecule has 2 bridgehead atoms. The summed E-state index contributed by atoms with van der Waals surface area (Å²) in [6, 6.07) is 14.2. The molecular weight excluding hydrogens is 780 g/mol. The van der Waals surface area contributed by atoms with E-state index in [1.807, 2.05) is 24.3 Å². The zero-order valence-electron chi connectivity index (χ0n) is 29.0. The van der Waals surface area contributed by atoms with Gasteiger partial charge in [-0.15, -0.1) is 12.4 Å². The molecular formula is C38H39Cl4F4N3O4. The molecule has 286 valence electrons. The van der Waals surface area contributed by atoms with E-state index < -0.39 is 56.6 Å². The van der Waals surface area contributed by atoms with E-state index in [9.17, 15) is 27.2 Å². The third-order valence-corrected chi connectivity index (χ3v) is 11.1. The van der Waals surface area contributed by atoms with Crippen LogP contribution in [-0.4, -0.2) is 69.0 Å². The Hall–Kier alpha value is -3.22. The number of ether oxygens (including phenoxy) is 2. The lowest BCUT2D eigenvalue weighted by atomic mass is 9.81. The van der Waals surface area contributed by atoms with Crippen molar-refractivity contribution in [3.05, 3.63) is 106 Å². The Morgan fingerprint density at radius 2 is 1.60 bits per heavy atom. The number of piperazine rings is 1. The van der Waals surface area contributed by atoms with Gasteiger partial charge in [0.1, 0.15) is 5.82 Å². The van der Waals surface area contributed by atoms with Crippen LogP contribution in [0.25, 0.3) is 5.57 Å². The quantitative estimate of drug-likeness (QED) is 0.0906. The molecule has 6 rings (SSSR count). The first-order chi connectivity index (χ1) is 24.7. The average molecular weight is 820 g/mol. The molecule has 1 saturated carbocycles. The van der Waals surface area contributed by atoms with Crippen LogP contribution in [0.15, 0.2) is 66.2 Å². The number of nitrogens with zero attached hydrogens (tertiary/aromatic N) is 2. The Bertz CT molecular complexity index is 1850. The number of rotatable bonds is 11. The predicted octanol–water partition coefficient (Wildman–Crippen LogP) is 8.95. The van der Waals surface area contributed by atoms with Crippen molar-refractivity contribution in [2.75, 3.05) is 19.7 Å². The monoisotopic (exact) mass is 817 g/mol. The van der Waals surface area contributed by atoms with Gasteiger partial charge in [0.2, 0.25) is 9.61 Å². The van der Waals surface area contributed by atoms with Crippen LogP contribution in [-0.2, 0) is 22.5 Å². The Labute approximate surface area is 326 Å². The minimum atomic E-state index is -1.92. The fourth-order valence-corrected chi connectivity index (χ4v) is 6.74. The van der Waals surface area contributed by atoms with Gasteiger partial charge in [0.15, 0.2) is 23.0 Å². The van der Waals surface area contributed by atoms with Crippen molar-refractivity contribution in [3.8, 4) is 5.75 Å². The van der Waals surface area contributed by atoms with Gasteiger partial charge in [-0.05, 0) is 80.9 Å². The lowest BCUT2D eigenvalue weighted by Gasteiger charge is -2.48. The highest BCUT2D eigenvalue weighted by molar-refractivity contribution is 6.68. The molecule has 0 spiro atoms. The number of fused-ring (bicyclic) bond motifs is 2. The molecule has 2 heterocycles. The molecule has 1 unspecified atom stereocenters. The van der Waals surface area contributed by atoms with E-state index in [1.54, 1.807) is 28.0 Å². The molecule has 7 nitrogen and oxygen atoms in total. The van der Waals surface area contributed by atoms with Gasteiger partial charge >= 0.3 is 6.09 Å². The zero-order valence-corrected chi connectivity index (χ0v) is 32.0. The molecule has 2 atom stereocenters. The first-order valence-electron chi connectivity index (χ1n) is 17.1. The summed E-state index contributed by atoms with van der Waals surface area (Å²) in [5.41, 5.74) is 1.73. The number of aryl methyl sites for hydroxylation is 1. The number of nitrogens with one attached hydrogen (secondary N) is 1. The molecule has 3 aliphatic rings. The Balaban J connectivity index is 0.00000541. The normalized spacial score (nSPS) is 18.7. The second kappa shape index (κ2) is 16.7. The summed E-state index contributed by atoms with van der Waals surface area (Å²) in [6.07, 6.45) is 2.02. The van der Waals surface area contributed by atoms with Crippen molar-refractivity contribution in [2.24, 2.45) is 0 Å². The van der Waals surface area contributed by atoms with E-state index in [2.05, 4.69) is 5.32 Å². The van der Waals surface area contributed by atoms with E-state index in [0.717, 1.165) is 35.6 Å². The second-order valence-electron chi connectivity index (χ2n) is 13.8. The van der Waals surface area contributed by atoms with E-state index in [-0.39, 0.29) is 44.1 Å². The van der Waals surface area contributed by atoms with Gasteiger partial charge in [-0.3, -0.25) is 9.69 Å². The fraction of sp³-hybridized carbons (Fsp3) is 0.421. The van der Waals surface area contributed by atoms with Crippen LogP contribution in [0.2, 0.25) is 0 Å². The number of benzene rings is 3. The number of amides is 2. The Kier molecular flexibility index (Phi) is 12.9. The van der Waals surface area contributed by atoms with Crippen LogP contribution in [0.5, 0.6) is 5.75 Å². The van der Waals surface area contributed by atoms with Gasteiger partial charge in [-0.1, -0.05) is 77.3 Å². The fourth-order valence-electron chi connectivity index (χ4n) is 6.63. The number of carbonyl (C=O) groups is 2. The lowest BCUT2D eigenvalue weighted by Crippen LogP contribution is -2.64. The van der Waals surface area contributed by atoms with Gasteiger partial charge < -0.3 is 19.7 Å². The van der Waals surface area contributed by atoms with Gasteiger partial charge in [0.25, 0.3) is 5.91 Å². The molecule has 2 aliphatic heterocycles. The van der Waals surface area contributed by atoms with E-state index >= 15 is 0 Å². The maximum Gasteiger partial charge on any atom is 0.411 e. The largest absolute Gasteiger partial charge is 0.488 e. The number of hydrogen-bond acceptors (Lipinski definition) is 5. The molecule has 0 aromatic heterocycles. The van der Waals surface area contributed by atoms with Crippen LogP contribution in [0.1, 0.15) is 56.2 Å². The molecule has 1 aliphatic carbocycles. The van der Waals surface area contributed by atoms with Crippen molar-refractivity contribution < 1.29 is 36.6 Å². The van der Waals surface area contributed by atoms with Crippen molar-refractivity contribution >= 4 is 64.8 Å². The van der Waals surface area contributed by atoms with Crippen LogP contribution in [0.3, 0.4) is 0 Å². The summed E-state index contributed by atoms with van der Waals surface area (Å²) < 4.78 is 65.4. The Morgan fingerprint density at radius 3 is 2.26 bits per heavy atom. The highest BCUT2D eigenvalue weighted by Gasteiger charge is 2.50. The van der Waals surface area contributed by atoms with E-state index in [4.69, 9.17) is 44.3 Å². The summed E-state index contributed by atoms with van der Waals surface area (Å²) in [5.74, 6) is -5.01. The molecule has 1 saturated heterocycles. The molecule has 1 N–H and O–H groups in total. The Morgan fingerprint density at radius 1 is 0.925 bits per heavy atom. The van der Waals surface area contributed by atoms with Crippen molar-refractivity contribution in [1.29, 1.82) is 0 Å². The smallest absolute Gasteiger partial charge is 0.411 e. The predicted molar refractivity (Wildman–Crippen MR) is 198 cm³/mol. The molecule has 3 aromatic carbocycles. The van der Waals surface area contributed by atoms with E-state index in [1.165, 1.54) is 19.9 Å². The van der Waals surface area contributed by atoms with Gasteiger partial charge in [0, 0.05) is 36.8 Å². The van der Waals surface area contributed by atoms with E-state index in [0.29, 0.717) is 43.0 Å². The summed E-state index contributed by atoms with van der Waals surface area (Å²) in [5, 5.41) is 3.35. The third kappa shape index (κ3) is 9.02. The summed E-state index contributed by atoms with van der Waals surface area (Å²) >= 11 is 18.5. The molecule has 53 heavy (non-hydrogen) atoms. The number of alkyl halides is 3. The first-order valence-corrected chi connectivity index (χ1v) is 18.2. The maximum absolute atomic E-state index is 14.9. The SMILES string of the molecule is CC(C)(OC(=O)N1C2CNC[C@@H]1C(C(=O)N(Cc1ccccc1F)C1CC1)=C(c1ccc(CCCOc3c(F)ccc(F)c3F)cc1)C2)C(Cl)(Cl)Cl.Cl. The molecule has 2 fully saturated rings. The van der Waals surface area contributed by atoms with Crippen molar-refractivity contribution in [2.45, 2.75) is 80.0 Å². The van der Waals surface area contributed by atoms with Crippen molar-refractivity contribution in [1.82, 2.24) is 15.1 Å². The standard InChI is InChI=1S/C38H38Cl3F4N3O4.ClH/c1-37(2,38(39,40)41)52-36(50)48-26-18-27(23-11-9-22(10-12-23)6-5-17-51-34-30(44)16-15-29(43)33(34)45)32(31(48)20-46-19-26)35(49)47(25-13-14-25)21-24-7-3-4-8-28(24)42;/h3-4,7-12,15-16,25-26,31,46H,5-6,13-14,17-21H2,1-2H3;1H/t26?,31-;/m1./s1. The first kappa shape index (κ1) is 41.0. The van der Waals surface area contributed by atoms with Crippen LogP contribution >= 0.6 is 47.2 Å².